The van der Waals surface area contributed by atoms with Crippen molar-refractivity contribution in [3.8, 4) is 11.5 Å². The van der Waals surface area contributed by atoms with E-state index in [2.05, 4.69) is 37.1 Å². The fourth-order valence-corrected chi connectivity index (χ4v) is 2.50. The number of hydrogen-bond acceptors (Lipinski definition) is 4. The van der Waals surface area contributed by atoms with Crippen LogP contribution in [0.2, 0.25) is 0 Å². The van der Waals surface area contributed by atoms with Crippen molar-refractivity contribution in [2.45, 2.75) is 26.4 Å². The summed E-state index contributed by atoms with van der Waals surface area (Å²) >= 11 is 0. The van der Waals surface area contributed by atoms with Crippen molar-refractivity contribution in [3.63, 3.8) is 0 Å². The van der Waals surface area contributed by atoms with Gasteiger partial charge in [-0.25, -0.2) is 9.97 Å². The van der Waals surface area contributed by atoms with Crippen LogP contribution >= 0.6 is 24.0 Å². The predicted molar refractivity (Wildman–Crippen MR) is 117 cm³/mol. The topological polar surface area (TPSA) is 80.3 Å². The highest BCUT2D eigenvalue weighted by Gasteiger charge is 2.07. The Bertz CT molecular complexity index is 826. The molecule has 0 aliphatic heterocycles. The van der Waals surface area contributed by atoms with Crippen molar-refractivity contribution in [1.82, 2.24) is 25.2 Å². The first-order valence-electron chi connectivity index (χ1n) is 8.66. The minimum Gasteiger partial charge on any atom is -0.444 e. The quantitative estimate of drug-likeness (QED) is 0.235. The van der Waals surface area contributed by atoms with Crippen LogP contribution in [0, 0.1) is 6.92 Å². The minimum absolute atomic E-state index is 0. The van der Waals surface area contributed by atoms with Crippen LogP contribution in [0.4, 0.5) is 0 Å². The molecule has 2 heterocycles. The van der Waals surface area contributed by atoms with Crippen molar-refractivity contribution in [1.29, 1.82) is 0 Å². The number of aliphatic imine (C=N–C) groups is 1. The smallest absolute Gasteiger partial charge is 0.226 e. The van der Waals surface area contributed by atoms with Crippen molar-refractivity contribution >= 4 is 29.9 Å². The molecule has 0 amide bonds. The Labute approximate surface area is 176 Å². The second-order valence-electron chi connectivity index (χ2n) is 6.02. The molecule has 0 fully saturated rings. The van der Waals surface area contributed by atoms with Gasteiger partial charge in [-0.15, -0.1) is 24.0 Å². The second-order valence-corrected chi connectivity index (χ2v) is 6.02. The third-order valence-corrected chi connectivity index (χ3v) is 3.96. The maximum Gasteiger partial charge on any atom is 0.226 e. The van der Waals surface area contributed by atoms with Gasteiger partial charge in [0.25, 0.3) is 0 Å². The molecule has 0 aliphatic rings. The lowest BCUT2D eigenvalue weighted by Crippen LogP contribution is -2.37. The van der Waals surface area contributed by atoms with Crippen molar-refractivity contribution in [2.75, 3.05) is 13.6 Å². The van der Waals surface area contributed by atoms with Gasteiger partial charge in [-0.2, -0.15) is 0 Å². The lowest BCUT2D eigenvalue weighted by molar-refractivity contribution is 0.572. The standard InChI is InChI=1S/C19H24N6O.HI/c1-15-4-6-16(7-5-15)18-24-17(13-26-18)12-23-19(20-2)22-8-3-10-25-11-9-21-14-25;/h4-7,9,11,13-14H,3,8,10,12H2,1-2H3,(H2,20,22,23);1H. The number of guanidine groups is 1. The number of benzene rings is 1. The molecule has 2 N–H and O–H groups in total. The van der Waals surface area contributed by atoms with Crippen LogP contribution in [0.1, 0.15) is 17.7 Å². The van der Waals surface area contributed by atoms with E-state index in [1.54, 1.807) is 19.5 Å². The number of imidazole rings is 1. The van der Waals surface area contributed by atoms with Crippen LogP contribution in [-0.2, 0) is 13.1 Å². The molecule has 0 spiro atoms. The largest absolute Gasteiger partial charge is 0.444 e. The van der Waals surface area contributed by atoms with E-state index in [9.17, 15) is 0 Å². The average molecular weight is 480 g/mol. The molecule has 0 unspecified atom stereocenters. The molecule has 27 heavy (non-hydrogen) atoms. The summed E-state index contributed by atoms with van der Waals surface area (Å²) in [7, 11) is 1.76. The lowest BCUT2D eigenvalue weighted by Gasteiger charge is -2.10. The molecule has 0 aliphatic carbocycles. The summed E-state index contributed by atoms with van der Waals surface area (Å²) in [6.45, 7) is 4.36. The van der Waals surface area contributed by atoms with Crippen molar-refractivity contribution in [3.05, 3.63) is 60.5 Å². The lowest BCUT2D eigenvalue weighted by atomic mass is 10.1. The summed E-state index contributed by atoms with van der Waals surface area (Å²) in [5.41, 5.74) is 3.02. The first kappa shape index (κ1) is 20.9. The molecule has 7 nitrogen and oxygen atoms in total. The van der Waals surface area contributed by atoms with Crippen LogP contribution in [0.3, 0.4) is 0 Å². The zero-order chi connectivity index (χ0) is 18.2. The monoisotopic (exact) mass is 480 g/mol. The van der Waals surface area contributed by atoms with E-state index < -0.39 is 0 Å². The number of aryl methyl sites for hydroxylation is 2. The van der Waals surface area contributed by atoms with Crippen molar-refractivity contribution in [2.24, 2.45) is 4.99 Å². The molecule has 0 saturated carbocycles. The van der Waals surface area contributed by atoms with Crippen LogP contribution < -0.4 is 10.6 Å². The van der Waals surface area contributed by atoms with Crippen LogP contribution in [-0.4, -0.2) is 34.1 Å². The second kappa shape index (κ2) is 10.7. The summed E-state index contributed by atoms with van der Waals surface area (Å²) in [5.74, 6) is 1.38. The van der Waals surface area contributed by atoms with Gasteiger partial charge in [0, 0.05) is 38.1 Å². The van der Waals surface area contributed by atoms with Gasteiger partial charge in [-0.1, -0.05) is 17.7 Å². The van der Waals surface area contributed by atoms with Gasteiger partial charge < -0.3 is 19.6 Å². The normalized spacial score (nSPS) is 11.1. The number of nitrogens with one attached hydrogen (secondary N) is 2. The number of hydrogen-bond donors (Lipinski definition) is 2. The molecule has 8 heteroatoms. The summed E-state index contributed by atoms with van der Waals surface area (Å²) < 4.78 is 7.63. The van der Waals surface area contributed by atoms with Crippen LogP contribution in [0.15, 0.2) is 58.7 Å². The number of rotatable bonds is 7. The number of aromatic nitrogens is 3. The Balaban J connectivity index is 0.00000261. The molecule has 0 atom stereocenters. The Kier molecular flexibility index (Phi) is 8.31. The van der Waals surface area contributed by atoms with E-state index >= 15 is 0 Å². The fraction of sp³-hybridized carbons (Fsp3) is 0.316. The van der Waals surface area contributed by atoms with Crippen LogP contribution in [0.5, 0.6) is 0 Å². The average Bonchev–Trinajstić information content (AvgIpc) is 3.33. The molecular formula is C19H25IN6O. The molecule has 0 radical (unpaired) electrons. The summed E-state index contributed by atoms with van der Waals surface area (Å²) in [6, 6.07) is 8.12. The Morgan fingerprint density at radius 2 is 2.04 bits per heavy atom. The third kappa shape index (κ3) is 6.38. The summed E-state index contributed by atoms with van der Waals surface area (Å²) in [6.07, 6.45) is 8.23. The number of oxazole rings is 1. The van der Waals surface area contributed by atoms with E-state index in [0.29, 0.717) is 12.4 Å². The van der Waals surface area contributed by atoms with E-state index in [-0.39, 0.29) is 24.0 Å². The highest BCUT2D eigenvalue weighted by molar-refractivity contribution is 14.0. The molecule has 1 aromatic carbocycles. The van der Waals surface area contributed by atoms with E-state index in [0.717, 1.165) is 36.7 Å². The summed E-state index contributed by atoms with van der Waals surface area (Å²) in [4.78, 5) is 12.8. The van der Waals surface area contributed by atoms with Gasteiger partial charge in [0.05, 0.1) is 18.6 Å². The molecule has 144 valence electrons. The fourth-order valence-electron chi connectivity index (χ4n) is 2.50. The highest BCUT2D eigenvalue weighted by atomic mass is 127. The van der Waals surface area contributed by atoms with Gasteiger partial charge in [0.1, 0.15) is 6.26 Å². The van der Waals surface area contributed by atoms with Gasteiger partial charge >= 0.3 is 0 Å². The molecule has 3 rings (SSSR count). The van der Waals surface area contributed by atoms with E-state index in [1.165, 1.54) is 5.56 Å². The minimum atomic E-state index is 0. The molecule has 0 saturated heterocycles. The zero-order valence-corrected chi connectivity index (χ0v) is 17.9. The maximum absolute atomic E-state index is 5.58. The SMILES string of the molecule is CN=C(NCCCn1ccnc1)NCc1coc(-c2ccc(C)cc2)n1.I. The van der Waals surface area contributed by atoms with Gasteiger partial charge in [0.2, 0.25) is 5.89 Å². The zero-order valence-electron chi connectivity index (χ0n) is 15.6. The molecule has 2 aromatic heterocycles. The molecular weight excluding hydrogens is 455 g/mol. The van der Waals surface area contributed by atoms with E-state index in [4.69, 9.17) is 4.42 Å². The van der Waals surface area contributed by atoms with Crippen molar-refractivity contribution < 1.29 is 4.42 Å². The van der Waals surface area contributed by atoms with E-state index in [1.807, 2.05) is 36.8 Å². The van der Waals surface area contributed by atoms with Gasteiger partial charge in [0.15, 0.2) is 5.96 Å². The molecule has 3 aromatic rings. The Hall–Kier alpha value is -2.36. The maximum atomic E-state index is 5.58. The predicted octanol–water partition coefficient (Wildman–Crippen LogP) is 3.22. The number of nitrogens with zero attached hydrogens (tertiary/aromatic N) is 4. The van der Waals surface area contributed by atoms with Crippen LogP contribution in [0.25, 0.3) is 11.5 Å². The summed E-state index contributed by atoms with van der Waals surface area (Å²) in [5, 5.41) is 6.54. The van der Waals surface area contributed by atoms with Gasteiger partial charge in [-0.05, 0) is 25.5 Å². The first-order valence-corrected chi connectivity index (χ1v) is 8.66. The molecule has 0 bridgehead atoms. The Morgan fingerprint density at radius 1 is 1.22 bits per heavy atom. The number of halogens is 1. The van der Waals surface area contributed by atoms with Gasteiger partial charge in [-0.3, -0.25) is 4.99 Å². The highest BCUT2D eigenvalue weighted by Crippen LogP contribution is 2.18. The Morgan fingerprint density at radius 3 is 2.74 bits per heavy atom. The third-order valence-electron chi connectivity index (χ3n) is 3.96. The first-order chi connectivity index (χ1) is 12.7.